The number of amides is 1. The van der Waals surface area contributed by atoms with E-state index in [0.717, 1.165) is 16.9 Å². The molecule has 3 atom stereocenters. The summed E-state index contributed by atoms with van der Waals surface area (Å²) in [6.45, 7) is 6.12. The molecule has 2 aromatic rings. The molecule has 1 aliphatic rings. The molecule has 3 N–H and O–H groups in total. The van der Waals surface area contributed by atoms with E-state index >= 15 is 0 Å². The van der Waals surface area contributed by atoms with Crippen LogP contribution < -0.4 is 20.9 Å². The molecule has 3 rings (SSSR count). The second-order valence-electron chi connectivity index (χ2n) is 6.67. The Bertz CT molecular complexity index is 713. The first kappa shape index (κ1) is 17.5. The van der Waals surface area contributed by atoms with Crippen molar-refractivity contribution in [2.45, 2.75) is 38.9 Å². The maximum absolute atomic E-state index is 12.3. The standard InChI is InChI=1S/C20H25N3O2/c1-13-9-14(2)11-17(10-13)25-12-18(24)21-20-19(15(3)22-23-20)16-7-5-4-6-8-16/h4-11,15,19-20,22-23H,12H2,1-3H3,(H,21,24). The third-order valence-corrected chi connectivity index (χ3v) is 4.43. The summed E-state index contributed by atoms with van der Waals surface area (Å²) in [6, 6.07) is 16.4. The van der Waals surface area contributed by atoms with Crippen LogP contribution in [-0.2, 0) is 4.79 Å². The molecule has 0 spiro atoms. The van der Waals surface area contributed by atoms with Gasteiger partial charge in [0, 0.05) is 12.0 Å². The van der Waals surface area contributed by atoms with Crippen LogP contribution in [0.4, 0.5) is 0 Å². The average Bonchev–Trinajstić information content (AvgIpc) is 2.93. The number of hydrogen-bond donors (Lipinski definition) is 3. The normalized spacial score (nSPS) is 22.6. The van der Waals surface area contributed by atoms with Gasteiger partial charge in [0.15, 0.2) is 6.61 Å². The molecule has 2 aromatic carbocycles. The Morgan fingerprint density at radius 3 is 2.44 bits per heavy atom. The highest BCUT2D eigenvalue weighted by Crippen LogP contribution is 2.25. The number of nitrogens with one attached hydrogen (secondary N) is 3. The summed E-state index contributed by atoms with van der Waals surface area (Å²) in [5, 5.41) is 3.02. The van der Waals surface area contributed by atoms with Crippen molar-refractivity contribution in [2.75, 3.05) is 6.61 Å². The van der Waals surface area contributed by atoms with Gasteiger partial charge < -0.3 is 10.1 Å². The average molecular weight is 339 g/mol. The van der Waals surface area contributed by atoms with Gasteiger partial charge in [0.1, 0.15) is 11.9 Å². The van der Waals surface area contributed by atoms with Crippen LogP contribution in [-0.4, -0.2) is 24.7 Å². The van der Waals surface area contributed by atoms with Gasteiger partial charge in [0.2, 0.25) is 0 Å². The van der Waals surface area contributed by atoms with E-state index in [1.165, 1.54) is 5.56 Å². The van der Waals surface area contributed by atoms with Crippen LogP contribution in [0.25, 0.3) is 0 Å². The Kier molecular flexibility index (Phi) is 5.36. The zero-order valence-corrected chi connectivity index (χ0v) is 14.9. The molecule has 5 nitrogen and oxygen atoms in total. The third-order valence-electron chi connectivity index (χ3n) is 4.43. The highest BCUT2D eigenvalue weighted by atomic mass is 16.5. The lowest BCUT2D eigenvalue weighted by atomic mass is 9.91. The number of aryl methyl sites for hydroxylation is 2. The van der Waals surface area contributed by atoms with Gasteiger partial charge in [-0.25, -0.2) is 5.43 Å². The number of carbonyl (C=O) groups is 1. The number of ether oxygens (including phenoxy) is 1. The van der Waals surface area contributed by atoms with Crippen LogP contribution in [0, 0.1) is 13.8 Å². The van der Waals surface area contributed by atoms with Crippen LogP contribution in [0.2, 0.25) is 0 Å². The van der Waals surface area contributed by atoms with Gasteiger partial charge >= 0.3 is 0 Å². The van der Waals surface area contributed by atoms with Gasteiger partial charge in [-0.2, -0.15) is 0 Å². The van der Waals surface area contributed by atoms with Crippen LogP contribution >= 0.6 is 0 Å². The third kappa shape index (κ3) is 4.38. The van der Waals surface area contributed by atoms with E-state index < -0.39 is 0 Å². The number of rotatable bonds is 5. The predicted octanol–water partition coefficient (Wildman–Crippen LogP) is 2.40. The lowest BCUT2D eigenvalue weighted by Crippen LogP contribution is -2.47. The molecular weight excluding hydrogens is 314 g/mol. The quantitative estimate of drug-likeness (QED) is 0.783. The largest absolute Gasteiger partial charge is 0.484 e. The van der Waals surface area contributed by atoms with E-state index in [0.29, 0.717) is 0 Å². The monoisotopic (exact) mass is 339 g/mol. The van der Waals surface area contributed by atoms with Crippen LogP contribution in [0.5, 0.6) is 5.75 Å². The Morgan fingerprint density at radius 1 is 1.08 bits per heavy atom. The van der Waals surface area contributed by atoms with Crippen molar-refractivity contribution < 1.29 is 9.53 Å². The molecule has 1 fully saturated rings. The summed E-state index contributed by atoms with van der Waals surface area (Å²) < 4.78 is 5.65. The predicted molar refractivity (Wildman–Crippen MR) is 98.3 cm³/mol. The smallest absolute Gasteiger partial charge is 0.259 e. The van der Waals surface area contributed by atoms with E-state index in [2.05, 4.69) is 41.3 Å². The maximum Gasteiger partial charge on any atom is 0.259 e. The zero-order valence-electron chi connectivity index (χ0n) is 14.9. The number of benzene rings is 2. The van der Waals surface area contributed by atoms with Crippen molar-refractivity contribution in [1.82, 2.24) is 16.2 Å². The molecule has 1 aliphatic heterocycles. The molecule has 1 saturated heterocycles. The topological polar surface area (TPSA) is 62.4 Å². The lowest BCUT2D eigenvalue weighted by Gasteiger charge is -2.22. The van der Waals surface area contributed by atoms with E-state index in [9.17, 15) is 4.79 Å². The molecule has 0 radical (unpaired) electrons. The molecule has 0 saturated carbocycles. The summed E-state index contributed by atoms with van der Waals surface area (Å²) in [4.78, 5) is 12.3. The lowest BCUT2D eigenvalue weighted by molar-refractivity contribution is -0.124. The summed E-state index contributed by atoms with van der Waals surface area (Å²) >= 11 is 0. The van der Waals surface area contributed by atoms with Gasteiger partial charge in [-0.05, 0) is 49.6 Å². The summed E-state index contributed by atoms with van der Waals surface area (Å²) in [5.41, 5.74) is 9.80. The van der Waals surface area contributed by atoms with Crippen molar-refractivity contribution >= 4 is 5.91 Å². The minimum Gasteiger partial charge on any atom is -0.484 e. The SMILES string of the molecule is Cc1cc(C)cc(OCC(=O)NC2NNC(C)C2c2ccccc2)c1. The molecular formula is C20H25N3O2. The Labute approximate surface area is 148 Å². The zero-order chi connectivity index (χ0) is 17.8. The van der Waals surface area contributed by atoms with Gasteiger partial charge in [-0.15, -0.1) is 0 Å². The van der Waals surface area contributed by atoms with Crippen LogP contribution in [0.15, 0.2) is 48.5 Å². The van der Waals surface area contributed by atoms with Crippen molar-refractivity contribution in [2.24, 2.45) is 0 Å². The number of carbonyl (C=O) groups excluding carboxylic acids is 1. The molecule has 3 unspecified atom stereocenters. The number of hydrazine groups is 1. The Hall–Kier alpha value is -2.37. The number of hydrogen-bond acceptors (Lipinski definition) is 4. The molecule has 1 heterocycles. The fourth-order valence-electron chi connectivity index (χ4n) is 3.35. The molecule has 0 bridgehead atoms. The van der Waals surface area contributed by atoms with Gasteiger partial charge in [0.25, 0.3) is 5.91 Å². The second kappa shape index (κ2) is 7.68. The molecule has 25 heavy (non-hydrogen) atoms. The van der Waals surface area contributed by atoms with Gasteiger partial charge in [0.05, 0.1) is 0 Å². The first-order valence-corrected chi connectivity index (χ1v) is 8.59. The van der Waals surface area contributed by atoms with Crippen molar-refractivity contribution in [3.63, 3.8) is 0 Å². The summed E-state index contributed by atoms with van der Waals surface area (Å²) in [6.07, 6.45) is -0.173. The van der Waals surface area contributed by atoms with Crippen molar-refractivity contribution in [3.8, 4) is 5.75 Å². The van der Waals surface area contributed by atoms with Crippen LogP contribution in [0.1, 0.15) is 29.5 Å². The molecule has 1 amide bonds. The van der Waals surface area contributed by atoms with Gasteiger partial charge in [-0.1, -0.05) is 36.4 Å². The highest BCUT2D eigenvalue weighted by Gasteiger charge is 2.35. The van der Waals surface area contributed by atoms with E-state index in [4.69, 9.17) is 4.74 Å². The van der Waals surface area contributed by atoms with Crippen molar-refractivity contribution in [3.05, 3.63) is 65.2 Å². The van der Waals surface area contributed by atoms with Gasteiger partial charge in [-0.3, -0.25) is 10.2 Å². The van der Waals surface area contributed by atoms with E-state index in [1.54, 1.807) is 0 Å². The molecule has 0 aromatic heterocycles. The minimum absolute atomic E-state index is 0.00301. The first-order valence-electron chi connectivity index (χ1n) is 8.59. The van der Waals surface area contributed by atoms with Crippen LogP contribution in [0.3, 0.4) is 0 Å². The fraction of sp³-hybridized carbons (Fsp3) is 0.350. The molecule has 5 heteroatoms. The summed E-state index contributed by atoms with van der Waals surface area (Å²) in [5.74, 6) is 0.734. The summed E-state index contributed by atoms with van der Waals surface area (Å²) in [7, 11) is 0. The first-order chi connectivity index (χ1) is 12.0. The molecule has 0 aliphatic carbocycles. The van der Waals surface area contributed by atoms with E-state index in [1.807, 2.05) is 44.2 Å². The van der Waals surface area contributed by atoms with Crippen molar-refractivity contribution in [1.29, 1.82) is 0 Å². The maximum atomic E-state index is 12.3. The minimum atomic E-state index is -0.173. The van der Waals surface area contributed by atoms with E-state index in [-0.39, 0.29) is 30.6 Å². The molecule has 132 valence electrons. The highest BCUT2D eigenvalue weighted by molar-refractivity contribution is 5.78. The Morgan fingerprint density at radius 2 is 1.76 bits per heavy atom. The fourth-order valence-corrected chi connectivity index (χ4v) is 3.35. The Balaban J connectivity index is 1.60. The second-order valence-corrected chi connectivity index (χ2v) is 6.67.